The first-order chi connectivity index (χ1) is 12.4. The van der Waals surface area contributed by atoms with E-state index in [1.54, 1.807) is 0 Å². The van der Waals surface area contributed by atoms with Gasteiger partial charge in [0.05, 0.1) is 11.1 Å². The molecular weight excluding hydrogens is 379 g/mol. The molecule has 27 heavy (non-hydrogen) atoms. The van der Waals surface area contributed by atoms with Crippen molar-refractivity contribution in [2.24, 2.45) is 0 Å². The average molecular weight is 391 g/mol. The fourth-order valence-electron chi connectivity index (χ4n) is 2.18. The summed E-state index contributed by atoms with van der Waals surface area (Å²) >= 11 is 0. The van der Waals surface area contributed by atoms with Crippen molar-refractivity contribution in [2.75, 3.05) is 5.32 Å². The molecule has 0 atom stereocenters. The van der Waals surface area contributed by atoms with Gasteiger partial charge in [-0.05, 0) is 49.4 Å². The maximum Gasteiger partial charge on any atom is 0.416 e. The topological polar surface area (TPSA) is 29.1 Å². The largest absolute Gasteiger partial charge is 0.416 e. The fraction of sp³-hybridized carbons (Fsp3) is 0.167. The summed E-state index contributed by atoms with van der Waals surface area (Å²) in [6.45, 7) is 1.30. The standard InChI is InChI=1S/C18H12F7NO/c1-10(6-16(27)11-2-4-14(19)5-3-11)26-15-8-12(17(20,21)22)7-13(9-15)18(23,24)25/h2-9,26H,1H3. The number of alkyl halides is 6. The summed E-state index contributed by atoms with van der Waals surface area (Å²) in [6.07, 6.45) is -8.96. The van der Waals surface area contributed by atoms with Gasteiger partial charge >= 0.3 is 12.4 Å². The van der Waals surface area contributed by atoms with Crippen molar-refractivity contribution in [1.82, 2.24) is 0 Å². The number of carbonyl (C=O) groups is 1. The minimum atomic E-state index is -4.97. The van der Waals surface area contributed by atoms with Crippen molar-refractivity contribution in [3.63, 3.8) is 0 Å². The van der Waals surface area contributed by atoms with Gasteiger partial charge in [-0.25, -0.2) is 4.39 Å². The summed E-state index contributed by atoms with van der Waals surface area (Å²) in [5.74, 6) is -1.16. The zero-order chi connectivity index (χ0) is 20.4. The minimum Gasteiger partial charge on any atom is -0.359 e. The Kier molecular flexibility index (Phi) is 5.62. The van der Waals surface area contributed by atoms with E-state index in [1.165, 1.54) is 19.1 Å². The Balaban J connectivity index is 2.32. The van der Waals surface area contributed by atoms with E-state index in [4.69, 9.17) is 0 Å². The molecule has 0 heterocycles. The smallest absolute Gasteiger partial charge is 0.359 e. The van der Waals surface area contributed by atoms with E-state index in [1.807, 2.05) is 0 Å². The number of rotatable bonds is 4. The lowest BCUT2D eigenvalue weighted by Crippen LogP contribution is -2.12. The van der Waals surface area contributed by atoms with Gasteiger partial charge < -0.3 is 5.32 Å². The highest BCUT2D eigenvalue weighted by atomic mass is 19.4. The predicted octanol–water partition coefficient (Wildman–Crippen LogP) is 6.06. The van der Waals surface area contributed by atoms with Gasteiger partial charge in [-0.1, -0.05) is 0 Å². The second kappa shape index (κ2) is 7.42. The summed E-state index contributed by atoms with van der Waals surface area (Å²) in [7, 11) is 0. The van der Waals surface area contributed by atoms with Crippen molar-refractivity contribution >= 4 is 11.5 Å². The summed E-state index contributed by atoms with van der Waals surface area (Å²) in [5.41, 5.74) is -3.30. The van der Waals surface area contributed by atoms with E-state index in [2.05, 4.69) is 5.32 Å². The van der Waals surface area contributed by atoms with Gasteiger partial charge in [0.15, 0.2) is 5.78 Å². The first-order valence-electron chi connectivity index (χ1n) is 7.41. The molecule has 144 valence electrons. The third-order valence-corrected chi connectivity index (χ3v) is 3.41. The molecular formula is C18H12F7NO. The van der Waals surface area contributed by atoms with Crippen LogP contribution in [0.1, 0.15) is 28.4 Å². The monoisotopic (exact) mass is 391 g/mol. The molecule has 0 saturated heterocycles. The number of hydrogen-bond donors (Lipinski definition) is 1. The normalized spacial score (nSPS) is 12.8. The Bertz CT molecular complexity index is 833. The molecule has 0 aromatic heterocycles. The van der Waals surface area contributed by atoms with Gasteiger partial charge in [-0.2, -0.15) is 26.3 Å². The summed E-state index contributed by atoms with van der Waals surface area (Å²) in [6, 6.07) is 5.53. The Hall–Kier alpha value is -2.84. The second-order valence-electron chi connectivity index (χ2n) is 5.62. The third kappa shape index (κ3) is 5.57. The molecule has 0 aliphatic heterocycles. The molecule has 2 aromatic carbocycles. The van der Waals surface area contributed by atoms with Gasteiger partial charge in [-0.15, -0.1) is 0 Å². The number of halogens is 7. The second-order valence-corrected chi connectivity index (χ2v) is 5.62. The highest BCUT2D eigenvalue weighted by Crippen LogP contribution is 2.37. The maximum atomic E-state index is 12.8. The van der Waals surface area contributed by atoms with Crippen LogP contribution in [-0.4, -0.2) is 5.78 Å². The van der Waals surface area contributed by atoms with Gasteiger partial charge in [0.1, 0.15) is 5.82 Å². The van der Waals surface area contributed by atoms with Crippen molar-refractivity contribution in [1.29, 1.82) is 0 Å². The van der Waals surface area contributed by atoms with E-state index in [0.29, 0.717) is 12.1 Å². The third-order valence-electron chi connectivity index (χ3n) is 3.41. The quantitative estimate of drug-likeness (QED) is 0.390. The van der Waals surface area contributed by atoms with Crippen LogP contribution in [0.25, 0.3) is 0 Å². The molecule has 0 radical (unpaired) electrons. The molecule has 2 nitrogen and oxygen atoms in total. The number of benzene rings is 2. The molecule has 2 aromatic rings. The summed E-state index contributed by atoms with van der Waals surface area (Å²) in [5, 5.41) is 2.35. The molecule has 0 bridgehead atoms. The molecule has 0 unspecified atom stereocenters. The highest BCUT2D eigenvalue weighted by Gasteiger charge is 2.36. The maximum absolute atomic E-state index is 12.8. The van der Waals surface area contributed by atoms with Crippen molar-refractivity contribution in [3.8, 4) is 0 Å². The summed E-state index contributed by atoms with van der Waals surface area (Å²) < 4.78 is 89.9. The number of allylic oxidation sites excluding steroid dienone is 2. The van der Waals surface area contributed by atoms with E-state index in [-0.39, 0.29) is 17.3 Å². The Morgan fingerprint density at radius 3 is 1.81 bits per heavy atom. The van der Waals surface area contributed by atoms with Gasteiger partial charge in [0, 0.05) is 23.0 Å². The van der Waals surface area contributed by atoms with E-state index in [0.717, 1.165) is 18.2 Å². The van der Waals surface area contributed by atoms with Crippen LogP contribution in [0.15, 0.2) is 54.2 Å². The van der Waals surface area contributed by atoms with Gasteiger partial charge in [-0.3, -0.25) is 4.79 Å². The molecule has 0 amide bonds. The SMILES string of the molecule is CC(=CC(=O)c1ccc(F)cc1)Nc1cc(C(F)(F)F)cc(C(F)(F)F)c1. The number of anilines is 1. The first kappa shape index (κ1) is 20.5. The van der Waals surface area contributed by atoms with Crippen molar-refractivity contribution in [3.05, 3.63) is 76.7 Å². The van der Waals surface area contributed by atoms with E-state index >= 15 is 0 Å². The van der Waals surface area contributed by atoms with E-state index < -0.39 is 40.8 Å². The van der Waals surface area contributed by atoms with Crippen molar-refractivity contribution < 1.29 is 35.5 Å². The number of carbonyl (C=O) groups excluding carboxylic acids is 1. The molecule has 0 saturated carbocycles. The molecule has 2 rings (SSSR count). The fourth-order valence-corrected chi connectivity index (χ4v) is 2.18. The highest BCUT2D eigenvalue weighted by molar-refractivity contribution is 6.05. The minimum absolute atomic E-state index is 0.00783. The van der Waals surface area contributed by atoms with Crippen LogP contribution < -0.4 is 5.32 Å². The average Bonchev–Trinajstić information content (AvgIpc) is 2.53. The summed E-state index contributed by atoms with van der Waals surface area (Å²) in [4.78, 5) is 12.0. The molecule has 1 N–H and O–H groups in total. The van der Waals surface area contributed by atoms with Crippen LogP contribution >= 0.6 is 0 Å². The van der Waals surface area contributed by atoms with Crippen LogP contribution in [0, 0.1) is 5.82 Å². The van der Waals surface area contributed by atoms with Crippen LogP contribution in [0.5, 0.6) is 0 Å². The van der Waals surface area contributed by atoms with Crippen LogP contribution in [-0.2, 0) is 12.4 Å². The van der Waals surface area contributed by atoms with Crippen molar-refractivity contribution in [2.45, 2.75) is 19.3 Å². The van der Waals surface area contributed by atoms with E-state index in [9.17, 15) is 35.5 Å². The molecule has 9 heteroatoms. The Morgan fingerprint density at radius 2 is 1.37 bits per heavy atom. The number of nitrogens with one attached hydrogen (secondary N) is 1. The molecule has 0 fully saturated rings. The van der Waals surface area contributed by atoms with Crippen LogP contribution in [0.4, 0.5) is 36.4 Å². The Labute approximate surface area is 149 Å². The zero-order valence-corrected chi connectivity index (χ0v) is 13.7. The Morgan fingerprint density at radius 1 is 0.889 bits per heavy atom. The predicted molar refractivity (Wildman–Crippen MR) is 84.6 cm³/mol. The molecule has 0 spiro atoms. The molecule has 0 aliphatic rings. The molecule has 0 aliphatic carbocycles. The zero-order valence-electron chi connectivity index (χ0n) is 13.7. The lowest BCUT2D eigenvalue weighted by atomic mass is 10.1. The van der Waals surface area contributed by atoms with Crippen LogP contribution in [0.3, 0.4) is 0 Å². The van der Waals surface area contributed by atoms with Gasteiger partial charge in [0.2, 0.25) is 0 Å². The van der Waals surface area contributed by atoms with Crippen LogP contribution in [0.2, 0.25) is 0 Å². The lowest BCUT2D eigenvalue weighted by molar-refractivity contribution is -0.143. The van der Waals surface area contributed by atoms with Gasteiger partial charge in [0.25, 0.3) is 0 Å². The number of ketones is 1. The lowest BCUT2D eigenvalue weighted by Gasteiger charge is -2.15. The number of hydrogen-bond acceptors (Lipinski definition) is 2. The first-order valence-corrected chi connectivity index (χ1v) is 7.41.